The van der Waals surface area contributed by atoms with Crippen LogP contribution < -0.4 is 4.90 Å². The molecule has 2 atom stereocenters. The van der Waals surface area contributed by atoms with E-state index in [1.165, 1.54) is 11.6 Å². The topological polar surface area (TPSA) is 23.5 Å². The van der Waals surface area contributed by atoms with Crippen LogP contribution in [0.15, 0.2) is 42.5 Å². The van der Waals surface area contributed by atoms with E-state index in [0.29, 0.717) is 11.3 Å². The number of benzene rings is 2. The van der Waals surface area contributed by atoms with Crippen LogP contribution >= 0.6 is 0 Å². The Labute approximate surface area is 124 Å². The first kappa shape index (κ1) is 14.1. The minimum atomic E-state index is -0.697. The first-order valence-corrected chi connectivity index (χ1v) is 7.43. The van der Waals surface area contributed by atoms with E-state index in [4.69, 9.17) is 0 Å². The number of aryl methyl sites for hydroxylation is 1. The second-order valence-corrected chi connectivity index (χ2v) is 5.74. The summed E-state index contributed by atoms with van der Waals surface area (Å²) >= 11 is 0. The minimum absolute atomic E-state index is 0.203. The van der Waals surface area contributed by atoms with Gasteiger partial charge in [0.1, 0.15) is 5.82 Å². The van der Waals surface area contributed by atoms with E-state index in [1.54, 1.807) is 19.1 Å². The van der Waals surface area contributed by atoms with E-state index in [0.717, 1.165) is 18.5 Å². The Balaban J connectivity index is 2.21. The summed E-state index contributed by atoms with van der Waals surface area (Å²) in [5.41, 5.74) is 3.42. The number of aliphatic hydroxyl groups is 1. The van der Waals surface area contributed by atoms with E-state index in [1.807, 2.05) is 23.1 Å². The Morgan fingerprint density at radius 1 is 1.19 bits per heavy atom. The molecule has 3 heteroatoms. The van der Waals surface area contributed by atoms with Gasteiger partial charge in [-0.25, -0.2) is 4.39 Å². The Kier molecular flexibility index (Phi) is 3.68. The number of hydrogen-bond donors (Lipinski definition) is 1. The number of anilines is 2. The van der Waals surface area contributed by atoms with Gasteiger partial charge in [0.05, 0.1) is 11.8 Å². The molecule has 2 nitrogen and oxygen atoms in total. The number of nitrogens with zero attached hydrogens (tertiary/aromatic N) is 1. The Bertz CT molecular complexity index is 653. The highest BCUT2D eigenvalue weighted by atomic mass is 19.1. The molecule has 1 heterocycles. The molecule has 0 aliphatic carbocycles. The smallest absolute Gasteiger partial charge is 0.147 e. The second-order valence-electron chi connectivity index (χ2n) is 5.74. The van der Waals surface area contributed by atoms with Crippen molar-refractivity contribution in [3.63, 3.8) is 0 Å². The Hall–Kier alpha value is -1.87. The van der Waals surface area contributed by atoms with Crippen molar-refractivity contribution in [2.24, 2.45) is 0 Å². The van der Waals surface area contributed by atoms with Crippen LogP contribution in [-0.2, 0) is 6.42 Å². The fourth-order valence-corrected chi connectivity index (χ4v) is 3.15. The van der Waals surface area contributed by atoms with Crippen molar-refractivity contribution in [3.05, 3.63) is 59.4 Å². The van der Waals surface area contributed by atoms with Gasteiger partial charge in [-0.2, -0.15) is 0 Å². The van der Waals surface area contributed by atoms with Gasteiger partial charge in [-0.1, -0.05) is 30.3 Å². The van der Waals surface area contributed by atoms with Crippen LogP contribution in [0.2, 0.25) is 0 Å². The lowest BCUT2D eigenvalue weighted by molar-refractivity contribution is 0.199. The monoisotopic (exact) mass is 285 g/mol. The number of hydrogen-bond acceptors (Lipinski definition) is 2. The van der Waals surface area contributed by atoms with E-state index in [9.17, 15) is 9.50 Å². The zero-order chi connectivity index (χ0) is 15.0. The van der Waals surface area contributed by atoms with Gasteiger partial charge in [-0.3, -0.25) is 0 Å². The molecule has 0 radical (unpaired) electrons. The molecule has 0 amide bonds. The van der Waals surface area contributed by atoms with Crippen LogP contribution in [0.5, 0.6) is 0 Å². The lowest BCUT2D eigenvalue weighted by Crippen LogP contribution is -2.34. The Morgan fingerprint density at radius 2 is 1.95 bits per heavy atom. The summed E-state index contributed by atoms with van der Waals surface area (Å²) in [6, 6.07) is 13.2. The molecule has 0 aromatic heterocycles. The van der Waals surface area contributed by atoms with Gasteiger partial charge < -0.3 is 10.0 Å². The molecule has 110 valence electrons. The van der Waals surface area contributed by atoms with Gasteiger partial charge >= 0.3 is 0 Å². The fourth-order valence-electron chi connectivity index (χ4n) is 3.15. The van der Waals surface area contributed by atoms with Gasteiger partial charge in [0.25, 0.3) is 0 Å². The number of rotatable bonds is 2. The third-order valence-electron chi connectivity index (χ3n) is 4.23. The normalized spacial score (nSPS) is 19.2. The van der Waals surface area contributed by atoms with Crippen LogP contribution in [0.4, 0.5) is 15.8 Å². The number of fused-ring (bicyclic) bond motifs is 1. The molecule has 3 rings (SSSR count). The number of para-hydroxylation sites is 2. The van der Waals surface area contributed by atoms with Crippen LogP contribution in [0.25, 0.3) is 0 Å². The molecule has 2 aromatic rings. The lowest BCUT2D eigenvalue weighted by atomic mass is 9.94. The first-order valence-electron chi connectivity index (χ1n) is 7.43. The van der Waals surface area contributed by atoms with Gasteiger partial charge in [0, 0.05) is 17.3 Å². The van der Waals surface area contributed by atoms with E-state index in [-0.39, 0.29) is 11.9 Å². The average molecular weight is 285 g/mol. The highest BCUT2D eigenvalue weighted by molar-refractivity contribution is 5.72. The quantitative estimate of drug-likeness (QED) is 0.886. The van der Waals surface area contributed by atoms with Crippen molar-refractivity contribution in [2.75, 3.05) is 4.90 Å². The van der Waals surface area contributed by atoms with Crippen molar-refractivity contribution in [1.29, 1.82) is 0 Å². The minimum Gasteiger partial charge on any atom is -0.389 e. The molecule has 1 aliphatic rings. The predicted molar refractivity (Wildman–Crippen MR) is 83.4 cm³/mol. The number of halogens is 1. The van der Waals surface area contributed by atoms with E-state index < -0.39 is 6.10 Å². The van der Waals surface area contributed by atoms with Crippen molar-refractivity contribution in [1.82, 2.24) is 0 Å². The molecular formula is C18H20FNO. The van der Waals surface area contributed by atoms with Gasteiger partial charge in [-0.15, -0.1) is 0 Å². The highest BCUT2D eigenvalue weighted by Crippen LogP contribution is 2.41. The largest absolute Gasteiger partial charge is 0.389 e. The van der Waals surface area contributed by atoms with Crippen molar-refractivity contribution in [3.8, 4) is 0 Å². The van der Waals surface area contributed by atoms with Crippen molar-refractivity contribution >= 4 is 11.4 Å². The third kappa shape index (κ3) is 2.42. The molecule has 0 fully saturated rings. The molecule has 0 spiro atoms. The summed E-state index contributed by atoms with van der Waals surface area (Å²) in [6.07, 6.45) is 1.29. The molecule has 0 saturated heterocycles. The van der Waals surface area contributed by atoms with Crippen molar-refractivity contribution in [2.45, 2.75) is 38.8 Å². The maximum atomic E-state index is 14.5. The van der Waals surface area contributed by atoms with Gasteiger partial charge in [0.15, 0.2) is 0 Å². The molecular weight excluding hydrogens is 265 g/mol. The van der Waals surface area contributed by atoms with Gasteiger partial charge in [-0.05, 0) is 44.4 Å². The third-order valence-corrected chi connectivity index (χ3v) is 4.23. The summed E-state index contributed by atoms with van der Waals surface area (Å²) in [7, 11) is 0. The number of aliphatic hydroxyl groups excluding tert-OH is 1. The Morgan fingerprint density at radius 3 is 2.71 bits per heavy atom. The van der Waals surface area contributed by atoms with Crippen LogP contribution in [0, 0.1) is 5.82 Å². The van der Waals surface area contributed by atoms with E-state index >= 15 is 0 Å². The van der Waals surface area contributed by atoms with Crippen LogP contribution in [-0.4, -0.2) is 11.1 Å². The summed E-state index contributed by atoms with van der Waals surface area (Å²) in [5, 5.41) is 10.0. The standard InChI is InChI=1S/C18H20FNO/c1-12-10-11-14-6-3-4-9-17(14)20(12)18-15(13(2)21)7-5-8-16(18)19/h3-9,12-13,21H,10-11H2,1-2H3/t12?,13-/m1/s1. The molecule has 21 heavy (non-hydrogen) atoms. The molecule has 0 saturated carbocycles. The zero-order valence-electron chi connectivity index (χ0n) is 12.4. The zero-order valence-corrected chi connectivity index (χ0v) is 12.4. The maximum absolute atomic E-state index is 14.5. The second kappa shape index (κ2) is 5.49. The summed E-state index contributed by atoms with van der Waals surface area (Å²) < 4.78 is 14.5. The maximum Gasteiger partial charge on any atom is 0.147 e. The van der Waals surface area contributed by atoms with Crippen molar-refractivity contribution < 1.29 is 9.50 Å². The summed E-state index contributed by atoms with van der Waals surface area (Å²) in [5.74, 6) is -0.281. The first-order chi connectivity index (χ1) is 10.1. The fraction of sp³-hybridized carbons (Fsp3) is 0.333. The SMILES string of the molecule is CC1CCc2ccccc2N1c1c(F)cccc1[C@@H](C)O. The molecule has 2 aromatic carbocycles. The van der Waals surface area contributed by atoms with Crippen LogP contribution in [0.3, 0.4) is 0 Å². The molecule has 1 N–H and O–H groups in total. The van der Waals surface area contributed by atoms with Crippen LogP contribution in [0.1, 0.15) is 37.5 Å². The summed E-state index contributed by atoms with van der Waals surface area (Å²) in [4.78, 5) is 2.04. The van der Waals surface area contributed by atoms with Gasteiger partial charge in [0.2, 0.25) is 0 Å². The molecule has 0 bridgehead atoms. The predicted octanol–water partition coefficient (Wildman–Crippen LogP) is 4.35. The lowest BCUT2D eigenvalue weighted by Gasteiger charge is -2.38. The molecule has 1 unspecified atom stereocenters. The summed E-state index contributed by atoms with van der Waals surface area (Å²) in [6.45, 7) is 3.78. The van der Waals surface area contributed by atoms with E-state index in [2.05, 4.69) is 13.0 Å². The highest BCUT2D eigenvalue weighted by Gasteiger charge is 2.28. The molecule has 1 aliphatic heterocycles. The average Bonchev–Trinajstić information content (AvgIpc) is 2.47.